The highest BCUT2D eigenvalue weighted by atomic mass is 16.5. The molecule has 0 aliphatic heterocycles. The van der Waals surface area contributed by atoms with Crippen molar-refractivity contribution in [2.75, 3.05) is 26.9 Å². The average molecular weight is 227 g/mol. The fraction of sp³-hybridized carbons (Fsp3) is 0.727. The summed E-state index contributed by atoms with van der Waals surface area (Å²) in [5.41, 5.74) is 3.50. The van der Waals surface area contributed by atoms with Crippen molar-refractivity contribution in [3.63, 3.8) is 0 Å². The summed E-state index contributed by atoms with van der Waals surface area (Å²) in [6, 6.07) is 0. The lowest BCUT2D eigenvalue weighted by atomic mass is 10.2. The van der Waals surface area contributed by atoms with E-state index in [1.165, 1.54) is 11.3 Å². The minimum Gasteiger partial charge on any atom is -0.394 e. The highest BCUT2D eigenvalue weighted by Crippen LogP contribution is 2.12. The van der Waals surface area contributed by atoms with Gasteiger partial charge >= 0.3 is 0 Å². The van der Waals surface area contributed by atoms with E-state index in [0.717, 1.165) is 18.8 Å². The zero-order valence-electron chi connectivity index (χ0n) is 10.3. The number of hydrogen-bond acceptors (Lipinski definition) is 4. The Labute approximate surface area is 96.4 Å². The number of aliphatic hydroxyl groups is 1. The van der Waals surface area contributed by atoms with Gasteiger partial charge in [-0.3, -0.25) is 4.68 Å². The maximum Gasteiger partial charge on any atom is 0.0698 e. The summed E-state index contributed by atoms with van der Waals surface area (Å²) in [4.78, 5) is 0. The van der Waals surface area contributed by atoms with Crippen LogP contribution in [-0.2, 0) is 17.8 Å². The summed E-state index contributed by atoms with van der Waals surface area (Å²) in [5, 5.41) is 16.2. The molecule has 1 aromatic heterocycles. The molecular weight excluding hydrogens is 206 g/mol. The quantitative estimate of drug-likeness (QED) is 0.655. The number of nitrogens with zero attached hydrogens (tertiary/aromatic N) is 2. The van der Waals surface area contributed by atoms with Crippen molar-refractivity contribution in [1.29, 1.82) is 0 Å². The van der Waals surface area contributed by atoms with Gasteiger partial charge in [0, 0.05) is 17.8 Å². The minimum absolute atomic E-state index is 0.0715. The Balaban J connectivity index is 2.56. The Hall–Kier alpha value is -0.910. The summed E-state index contributed by atoms with van der Waals surface area (Å²) in [6.07, 6.45) is 0. The first-order chi connectivity index (χ1) is 7.70. The van der Waals surface area contributed by atoms with Gasteiger partial charge in [0.15, 0.2) is 0 Å². The second-order valence-electron chi connectivity index (χ2n) is 3.74. The fourth-order valence-electron chi connectivity index (χ4n) is 1.70. The molecule has 0 aromatic carbocycles. The summed E-state index contributed by atoms with van der Waals surface area (Å²) in [6.45, 7) is 6.71. The fourth-order valence-corrected chi connectivity index (χ4v) is 1.70. The molecule has 0 aliphatic carbocycles. The number of aromatic nitrogens is 2. The molecule has 0 aliphatic rings. The van der Waals surface area contributed by atoms with Gasteiger partial charge in [0.1, 0.15) is 0 Å². The van der Waals surface area contributed by atoms with Crippen molar-refractivity contribution in [1.82, 2.24) is 15.1 Å². The zero-order chi connectivity index (χ0) is 12.0. The average Bonchev–Trinajstić information content (AvgIpc) is 2.53. The van der Waals surface area contributed by atoms with Gasteiger partial charge in [-0.1, -0.05) is 0 Å². The van der Waals surface area contributed by atoms with Crippen molar-refractivity contribution in [2.45, 2.75) is 26.9 Å². The summed E-state index contributed by atoms with van der Waals surface area (Å²) >= 11 is 0. The van der Waals surface area contributed by atoms with Crippen molar-refractivity contribution < 1.29 is 9.84 Å². The van der Waals surface area contributed by atoms with Crippen LogP contribution in [0.4, 0.5) is 0 Å². The van der Waals surface area contributed by atoms with Crippen molar-refractivity contribution in [2.24, 2.45) is 0 Å². The molecule has 1 rings (SSSR count). The van der Waals surface area contributed by atoms with Crippen LogP contribution in [0.15, 0.2) is 0 Å². The standard InChI is InChI=1S/C11H21N3O2/c1-9-11(8-12-3)10(2)14(13-9)4-6-16-7-5-15/h12,15H,4-8H2,1-3H3. The smallest absolute Gasteiger partial charge is 0.0698 e. The molecule has 0 saturated carbocycles. The first-order valence-corrected chi connectivity index (χ1v) is 5.56. The predicted molar refractivity (Wildman–Crippen MR) is 62.4 cm³/mol. The third-order valence-corrected chi connectivity index (χ3v) is 2.57. The molecule has 0 atom stereocenters. The Morgan fingerprint density at radius 1 is 1.38 bits per heavy atom. The van der Waals surface area contributed by atoms with Crippen molar-refractivity contribution in [3.8, 4) is 0 Å². The van der Waals surface area contributed by atoms with Gasteiger partial charge in [0.05, 0.1) is 32.1 Å². The van der Waals surface area contributed by atoms with Crippen LogP contribution >= 0.6 is 0 Å². The third-order valence-electron chi connectivity index (χ3n) is 2.57. The van der Waals surface area contributed by atoms with Gasteiger partial charge < -0.3 is 15.2 Å². The highest BCUT2D eigenvalue weighted by molar-refractivity contribution is 5.24. The van der Waals surface area contributed by atoms with Gasteiger partial charge in [-0.2, -0.15) is 5.10 Å². The molecule has 0 unspecified atom stereocenters. The Kier molecular flexibility index (Phi) is 5.45. The maximum atomic E-state index is 8.58. The third kappa shape index (κ3) is 3.30. The summed E-state index contributed by atoms with van der Waals surface area (Å²) < 4.78 is 7.18. The van der Waals surface area contributed by atoms with E-state index in [-0.39, 0.29) is 6.61 Å². The number of aryl methyl sites for hydroxylation is 1. The molecule has 5 nitrogen and oxygen atoms in total. The van der Waals surface area contributed by atoms with E-state index in [0.29, 0.717) is 13.2 Å². The molecule has 2 N–H and O–H groups in total. The van der Waals surface area contributed by atoms with Crippen LogP contribution in [0.2, 0.25) is 0 Å². The van der Waals surface area contributed by atoms with E-state index in [1.807, 2.05) is 18.7 Å². The Morgan fingerprint density at radius 2 is 2.12 bits per heavy atom. The van der Waals surface area contributed by atoms with E-state index in [1.54, 1.807) is 0 Å². The SMILES string of the molecule is CNCc1c(C)nn(CCOCCO)c1C. The van der Waals surface area contributed by atoms with Crippen LogP contribution in [0, 0.1) is 13.8 Å². The van der Waals surface area contributed by atoms with Gasteiger partial charge in [-0.25, -0.2) is 0 Å². The Morgan fingerprint density at radius 3 is 2.75 bits per heavy atom. The lowest BCUT2D eigenvalue weighted by Crippen LogP contribution is -2.11. The maximum absolute atomic E-state index is 8.58. The van der Waals surface area contributed by atoms with E-state index in [2.05, 4.69) is 17.3 Å². The molecule has 0 radical (unpaired) electrons. The number of rotatable bonds is 7. The van der Waals surface area contributed by atoms with Gasteiger partial charge in [0.25, 0.3) is 0 Å². The van der Waals surface area contributed by atoms with Crippen LogP contribution < -0.4 is 5.32 Å². The number of hydrogen-bond donors (Lipinski definition) is 2. The molecule has 1 aromatic rings. The molecule has 1 heterocycles. The van der Waals surface area contributed by atoms with E-state index < -0.39 is 0 Å². The summed E-state index contributed by atoms with van der Waals surface area (Å²) in [7, 11) is 1.93. The predicted octanol–water partition coefficient (Wildman–Crippen LogP) is 0.228. The summed E-state index contributed by atoms with van der Waals surface area (Å²) in [5.74, 6) is 0. The second-order valence-corrected chi connectivity index (χ2v) is 3.74. The lowest BCUT2D eigenvalue weighted by molar-refractivity contribution is 0.0850. The first-order valence-electron chi connectivity index (χ1n) is 5.56. The normalized spacial score (nSPS) is 11.0. The monoisotopic (exact) mass is 227 g/mol. The molecule has 0 saturated heterocycles. The van der Waals surface area contributed by atoms with Crippen LogP contribution in [0.5, 0.6) is 0 Å². The van der Waals surface area contributed by atoms with E-state index >= 15 is 0 Å². The molecule has 0 amide bonds. The van der Waals surface area contributed by atoms with Gasteiger partial charge in [-0.15, -0.1) is 0 Å². The Bertz CT molecular complexity index is 323. The van der Waals surface area contributed by atoms with Crippen molar-refractivity contribution >= 4 is 0 Å². The van der Waals surface area contributed by atoms with Gasteiger partial charge in [0.2, 0.25) is 0 Å². The molecule has 5 heteroatoms. The molecule has 92 valence electrons. The van der Waals surface area contributed by atoms with E-state index in [4.69, 9.17) is 9.84 Å². The van der Waals surface area contributed by atoms with Crippen molar-refractivity contribution in [3.05, 3.63) is 17.0 Å². The largest absolute Gasteiger partial charge is 0.394 e. The first kappa shape index (κ1) is 13.2. The highest BCUT2D eigenvalue weighted by Gasteiger charge is 2.09. The minimum atomic E-state index is 0.0715. The number of aliphatic hydroxyl groups excluding tert-OH is 1. The van der Waals surface area contributed by atoms with Crippen LogP contribution in [0.3, 0.4) is 0 Å². The van der Waals surface area contributed by atoms with Gasteiger partial charge in [-0.05, 0) is 20.9 Å². The topological polar surface area (TPSA) is 59.3 Å². The molecule has 0 fully saturated rings. The lowest BCUT2D eigenvalue weighted by Gasteiger charge is -2.05. The van der Waals surface area contributed by atoms with Crippen LogP contribution in [-0.4, -0.2) is 41.8 Å². The van der Waals surface area contributed by atoms with Crippen LogP contribution in [0.25, 0.3) is 0 Å². The zero-order valence-corrected chi connectivity index (χ0v) is 10.3. The van der Waals surface area contributed by atoms with Crippen LogP contribution in [0.1, 0.15) is 17.0 Å². The number of nitrogens with one attached hydrogen (secondary N) is 1. The molecule has 16 heavy (non-hydrogen) atoms. The number of ether oxygens (including phenoxy) is 1. The molecular formula is C11H21N3O2. The molecule has 0 bridgehead atoms. The van der Waals surface area contributed by atoms with E-state index in [9.17, 15) is 0 Å². The molecule has 0 spiro atoms. The second kappa shape index (κ2) is 6.62.